The fourth-order valence-electron chi connectivity index (χ4n) is 7.31. The van der Waals surface area contributed by atoms with Crippen LogP contribution < -0.4 is 0 Å². The molecule has 0 spiro atoms. The van der Waals surface area contributed by atoms with Crippen LogP contribution in [0.1, 0.15) is 84.4 Å². The molecule has 12 nitrogen and oxygen atoms in total. The van der Waals surface area contributed by atoms with Gasteiger partial charge in [-0.3, -0.25) is 14.4 Å². The van der Waals surface area contributed by atoms with Crippen molar-refractivity contribution in [3.05, 3.63) is 33.4 Å². The number of benzene rings is 1. The van der Waals surface area contributed by atoms with Crippen molar-refractivity contribution in [3.8, 4) is 11.5 Å². The summed E-state index contributed by atoms with van der Waals surface area (Å²) >= 11 is 0. The van der Waals surface area contributed by atoms with Crippen molar-refractivity contribution in [2.75, 3.05) is 0 Å². The third-order valence-electron chi connectivity index (χ3n) is 9.30. The van der Waals surface area contributed by atoms with Crippen LogP contribution in [0, 0.1) is 0 Å². The maximum Gasteiger partial charge on any atom is 0.309 e. The molecule has 2 bridgehead atoms. The Balaban J connectivity index is 1.35. The zero-order valence-corrected chi connectivity index (χ0v) is 22.1. The lowest BCUT2D eigenvalue weighted by atomic mass is 9.66. The zero-order valence-electron chi connectivity index (χ0n) is 22.1. The van der Waals surface area contributed by atoms with E-state index in [2.05, 4.69) is 0 Å². The molecule has 0 radical (unpaired) electrons. The molecular formula is C28H30O12. The van der Waals surface area contributed by atoms with Gasteiger partial charge in [-0.15, -0.1) is 0 Å². The summed E-state index contributed by atoms with van der Waals surface area (Å²) in [7, 11) is 0. The molecule has 0 amide bonds. The van der Waals surface area contributed by atoms with Crippen molar-refractivity contribution in [2.24, 2.45) is 0 Å². The number of ketones is 2. The second kappa shape index (κ2) is 8.57. The van der Waals surface area contributed by atoms with Crippen LogP contribution in [0.2, 0.25) is 0 Å². The molecule has 0 saturated carbocycles. The molecule has 3 saturated heterocycles. The number of fused-ring (bicyclic) bond motifs is 5. The summed E-state index contributed by atoms with van der Waals surface area (Å²) in [5.41, 5.74) is -3.13. The van der Waals surface area contributed by atoms with Crippen molar-refractivity contribution in [1.29, 1.82) is 0 Å². The van der Waals surface area contributed by atoms with Gasteiger partial charge in [-0.05, 0) is 27.2 Å². The van der Waals surface area contributed by atoms with Gasteiger partial charge in [-0.25, -0.2) is 0 Å². The Bertz CT molecular complexity index is 1400. The maximum atomic E-state index is 13.9. The predicted octanol–water partition coefficient (Wildman–Crippen LogP) is 1.20. The lowest BCUT2D eigenvalue weighted by Crippen LogP contribution is -2.60. The monoisotopic (exact) mass is 558 g/mol. The fraction of sp³-hybridized carbons (Fsp3) is 0.607. The zero-order chi connectivity index (χ0) is 28.4. The van der Waals surface area contributed by atoms with E-state index < -0.39 is 101 Å². The third kappa shape index (κ3) is 3.25. The first-order valence-corrected chi connectivity index (χ1v) is 13.6. The van der Waals surface area contributed by atoms with Gasteiger partial charge in [0.05, 0.1) is 59.7 Å². The van der Waals surface area contributed by atoms with E-state index in [4.69, 9.17) is 23.7 Å². The Morgan fingerprint density at radius 3 is 2.35 bits per heavy atom. The number of phenols is 2. The summed E-state index contributed by atoms with van der Waals surface area (Å²) in [6, 6.07) is 0. The highest BCUT2D eigenvalue weighted by Crippen LogP contribution is 2.60. The molecule has 0 aromatic heterocycles. The second-order valence-electron chi connectivity index (χ2n) is 11.5. The highest BCUT2D eigenvalue weighted by atomic mass is 16.7. The number of carbonyl (C=O) groups is 3. The largest absolute Gasteiger partial charge is 0.507 e. The summed E-state index contributed by atoms with van der Waals surface area (Å²) < 4.78 is 29.1. The van der Waals surface area contributed by atoms with Gasteiger partial charge in [0.2, 0.25) is 0 Å². The van der Waals surface area contributed by atoms with Crippen LogP contribution in [0.15, 0.2) is 11.1 Å². The summed E-state index contributed by atoms with van der Waals surface area (Å²) in [5, 5.41) is 45.3. The Morgan fingerprint density at radius 1 is 0.925 bits per heavy atom. The SMILES string of the molecule is C[C@@H]1O[C@@H]2CC(=O)O[C@H]2C2=C1C(=O)c1c(O)c3c(c(O)c1C2=O)[C@@H]1C[C@@H](O[C@H]2CC[C@H](O)[C@H](C)O2)[C@@]3(O)[C@H](C)O1. The topological polar surface area (TPSA) is 178 Å². The molecule has 1 aromatic rings. The number of rotatable bonds is 2. The van der Waals surface area contributed by atoms with E-state index in [1.165, 1.54) is 0 Å². The minimum Gasteiger partial charge on any atom is -0.507 e. The minimum absolute atomic E-state index is 0.00956. The van der Waals surface area contributed by atoms with E-state index in [1.54, 1.807) is 20.8 Å². The first-order valence-electron chi connectivity index (χ1n) is 13.6. The van der Waals surface area contributed by atoms with E-state index in [1.807, 2.05) is 0 Å². The van der Waals surface area contributed by atoms with E-state index in [0.29, 0.717) is 12.8 Å². The molecule has 12 heteroatoms. The number of phenolic OH excluding ortho intramolecular Hbond substituents is 2. The number of aliphatic hydroxyl groups is 2. The Kier molecular flexibility index (Phi) is 5.58. The molecule has 214 valence electrons. The molecule has 8 rings (SSSR count). The average molecular weight is 559 g/mol. The highest BCUT2D eigenvalue weighted by Gasteiger charge is 2.62. The normalized spacial score (nSPS) is 41.8. The number of Topliss-reactive ketones (excluding diaryl/α,β-unsaturated/α-hetero) is 2. The van der Waals surface area contributed by atoms with E-state index in [0.717, 1.165) is 0 Å². The van der Waals surface area contributed by atoms with Crippen molar-refractivity contribution < 1.29 is 58.5 Å². The van der Waals surface area contributed by atoms with Gasteiger partial charge in [-0.1, -0.05) is 0 Å². The van der Waals surface area contributed by atoms with Gasteiger partial charge in [0.15, 0.2) is 24.0 Å². The van der Waals surface area contributed by atoms with Crippen LogP contribution in [-0.2, 0) is 34.1 Å². The van der Waals surface area contributed by atoms with Crippen LogP contribution in [-0.4, -0.2) is 87.0 Å². The first-order chi connectivity index (χ1) is 18.9. The Morgan fingerprint density at radius 2 is 1.62 bits per heavy atom. The Labute approximate surface area is 228 Å². The van der Waals surface area contributed by atoms with Crippen LogP contribution in [0.4, 0.5) is 0 Å². The molecule has 5 aliphatic heterocycles. The van der Waals surface area contributed by atoms with Crippen LogP contribution >= 0.6 is 0 Å². The molecule has 1 aromatic carbocycles. The molecule has 3 fully saturated rings. The van der Waals surface area contributed by atoms with E-state index in [9.17, 15) is 34.8 Å². The van der Waals surface area contributed by atoms with Crippen LogP contribution in [0.25, 0.3) is 0 Å². The lowest BCUT2D eigenvalue weighted by molar-refractivity contribution is -0.311. The molecule has 5 heterocycles. The number of carbonyl (C=O) groups excluding carboxylic acids is 3. The molecular weight excluding hydrogens is 528 g/mol. The highest BCUT2D eigenvalue weighted by molar-refractivity contribution is 6.30. The average Bonchev–Trinajstić information content (AvgIpc) is 3.26. The van der Waals surface area contributed by atoms with Gasteiger partial charge in [0.1, 0.15) is 23.2 Å². The molecule has 7 aliphatic rings. The molecule has 0 unspecified atom stereocenters. The third-order valence-corrected chi connectivity index (χ3v) is 9.30. The summed E-state index contributed by atoms with van der Waals surface area (Å²) in [5.74, 6) is -3.30. The van der Waals surface area contributed by atoms with Crippen LogP contribution in [0.5, 0.6) is 11.5 Å². The fourth-order valence-corrected chi connectivity index (χ4v) is 7.31. The summed E-state index contributed by atoms with van der Waals surface area (Å²) in [6.07, 6.45) is -6.55. The quantitative estimate of drug-likeness (QED) is 0.302. The van der Waals surface area contributed by atoms with Gasteiger partial charge in [-0.2, -0.15) is 0 Å². The number of hydrogen-bond acceptors (Lipinski definition) is 12. The Hall–Kier alpha value is -2.87. The van der Waals surface area contributed by atoms with E-state index >= 15 is 0 Å². The van der Waals surface area contributed by atoms with Crippen molar-refractivity contribution in [3.63, 3.8) is 0 Å². The van der Waals surface area contributed by atoms with Gasteiger partial charge < -0.3 is 44.1 Å². The minimum atomic E-state index is -2.01. The molecule has 40 heavy (non-hydrogen) atoms. The summed E-state index contributed by atoms with van der Waals surface area (Å²) in [6.45, 7) is 4.88. The molecule has 10 atom stereocenters. The summed E-state index contributed by atoms with van der Waals surface area (Å²) in [4.78, 5) is 39.8. The van der Waals surface area contributed by atoms with Gasteiger partial charge in [0.25, 0.3) is 0 Å². The lowest BCUT2D eigenvalue weighted by Gasteiger charge is -2.54. The smallest absolute Gasteiger partial charge is 0.309 e. The van der Waals surface area contributed by atoms with Crippen molar-refractivity contribution >= 4 is 17.5 Å². The number of aromatic hydroxyl groups is 2. The molecule has 2 aliphatic carbocycles. The second-order valence-corrected chi connectivity index (χ2v) is 11.5. The standard InChI is InChI=1S/C28H30O12/c1-8-11(29)4-5-16(37-8)39-14-6-12-18-22(28(14,35)10(3)38-12)26(34)20-19(24(18)32)25(33)21-17(23(20)31)9(2)36-13-7-15(30)40-27(13)21/h8-14,16,27,29,32,34-35H,4-7H2,1-3H3/t8-,9-,10-,11-,12-,13+,14+,16-,27+,28-/m0/s1. The van der Waals surface area contributed by atoms with Crippen LogP contribution in [0.3, 0.4) is 0 Å². The van der Waals surface area contributed by atoms with Gasteiger partial charge >= 0.3 is 5.97 Å². The van der Waals surface area contributed by atoms with E-state index in [-0.39, 0.29) is 35.1 Å². The molecule has 4 N–H and O–H groups in total. The van der Waals surface area contributed by atoms with Crippen molar-refractivity contribution in [2.45, 2.75) is 107 Å². The number of esters is 1. The number of ether oxygens (including phenoxy) is 5. The predicted molar refractivity (Wildman–Crippen MR) is 131 cm³/mol. The van der Waals surface area contributed by atoms with Crippen molar-refractivity contribution in [1.82, 2.24) is 0 Å². The number of aliphatic hydroxyl groups excluding tert-OH is 1. The van der Waals surface area contributed by atoms with Gasteiger partial charge in [0, 0.05) is 29.5 Å². The maximum absolute atomic E-state index is 13.9. The first kappa shape index (κ1) is 26.1. The number of hydrogen-bond donors (Lipinski definition) is 4.